The van der Waals surface area contributed by atoms with Gasteiger partial charge in [-0.1, -0.05) is 0 Å². The highest BCUT2D eigenvalue weighted by molar-refractivity contribution is 7.13. The highest BCUT2D eigenvalue weighted by atomic mass is 32.1. The zero-order valence-electron chi connectivity index (χ0n) is 10.5. The molecule has 0 aliphatic heterocycles. The molecule has 0 aromatic carbocycles. The number of carbonyl (C=O) groups is 1. The number of carbonyl (C=O) groups excluding carboxylic acids is 1. The van der Waals surface area contributed by atoms with Crippen LogP contribution in [0.5, 0.6) is 0 Å². The first-order valence-corrected chi connectivity index (χ1v) is 6.37. The van der Waals surface area contributed by atoms with Gasteiger partial charge in [0.05, 0.1) is 12.2 Å². The average molecular weight is 265 g/mol. The molecule has 0 saturated heterocycles. The molecule has 0 saturated carbocycles. The second kappa shape index (κ2) is 4.77. The third-order valence-electron chi connectivity index (χ3n) is 2.84. The number of hydrogen-bond donors (Lipinski definition) is 2. The van der Waals surface area contributed by atoms with Crippen LogP contribution in [0, 0.1) is 6.92 Å². The summed E-state index contributed by atoms with van der Waals surface area (Å²) in [5, 5.41) is 9.07. The largest absolute Gasteiger partial charge is 0.375 e. The van der Waals surface area contributed by atoms with Gasteiger partial charge in [-0.3, -0.25) is 9.48 Å². The van der Waals surface area contributed by atoms with Crippen LogP contribution < -0.4 is 11.1 Å². The van der Waals surface area contributed by atoms with Gasteiger partial charge >= 0.3 is 0 Å². The molecule has 2 aromatic heterocycles. The molecule has 0 unspecified atom stereocenters. The van der Waals surface area contributed by atoms with E-state index in [1.54, 1.807) is 16.3 Å². The third-order valence-corrected chi connectivity index (χ3v) is 3.52. The minimum atomic E-state index is -0.223. The first kappa shape index (κ1) is 12.6. The zero-order valence-corrected chi connectivity index (χ0v) is 11.3. The Morgan fingerprint density at radius 3 is 2.83 bits per heavy atom. The quantitative estimate of drug-likeness (QED) is 0.874. The molecule has 2 rings (SSSR count). The molecule has 1 atom stereocenters. The van der Waals surface area contributed by atoms with Gasteiger partial charge in [-0.05, 0) is 13.8 Å². The number of thiazole rings is 1. The van der Waals surface area contributed by atoms with Crippen LogP contribution in [0.1, 0.15) is 34.7 Å². The Bertz CT molecular complexity index is 574. The van der Waals surface area contributed by atoms with Crippen LogP contribution in [0.2, 0.25) is 0 Å². The van der Waals surface area contributed by atoms with E-state index in [-0.39, 0.29) is 11.9 Å². The van der Waals surface area contributed by atoms with Crippen molar-refractivity contribution in [2.45, 2.75) is 19.9 Å². The molecule has 2 aromatic rings. The normalized spacial score (nSPS) is 12.4. The SMILES string of the molecule is Cc1c([C@@H](C)NC(=O)c2csc(N)n2)cnn1C. The summed E-state index contributed by atoms with van der Waals surface area (Å²) in [6.45, 7) is 3.88. The van der Waals surface area contributed by atoms with Crippen molar-refractivity contribution in [2.24, 2.45) is 7.05 Å². The summed E-state index contributed by atoms with van der Waals surface area (Å²) in [6, 6.07) is -0.117. The number of aryl methyl sites for hydroxylation is 1. The molecular weight excluding hydrogens is 250 g/mol. The monoisotopic (exact) mass is 265 g/mol. The topological polar surface area (TPSA) is 85.8 Å². The van der Waals surface area contributed by atoms with Crippen LogP contribution in [0.3, 0.4) is 0 Å². The van der Waals surface area contributed by atoms with E-state index in [9.17, 15) is 4.79 Å². The van der Waals surface area contributed by atoms with E-state index >= 15 is 0 Å². The number of nitrogens with two attached hydrogens (primary N) is 1. The van der Waals surface area contributed by atoms with E-state index in [1.807, 2.05) is 20.9 Å². The lowest BCUT2D eigenvalue weighted by Gasteiger charge is -2.12. The fourth-order valence-corrected chi connectivity index (χ4v) is 2.22. The summed E-state index contributed by atoms with van der Waals surface area (Å²) in [7, 11) is 1.87. The number of amides is 1. The Morgan fingerprint density at radius 1 is 1.61 bits per heavy atom. The maximum absolute atomic E-state index is 11.9. The molecule has 3 N–H and O–H groups in total. The van der Waals surface area contributed by atoms with Gasteiger partial charge in [0.2, 0.25) is 0 Å². The predicted octanol–water partition coefficient (Wildman–Crippen LogP) is 1.26. The summed E-state index contributed by atoms with van der Waals surface area (Å²) in [5.74, 6) is -0.223. The number of nitrogens with one attached hydrogen (secondary N) is 1. The molecule has 0 spiro atoms. The molecule has 1 amide bonds. The lowest BCUT2D eigenvalue weighted by atomic mass is 10.1. The molecule has 2 heterocycles. The van der Waals surface area contributed by atoms with Crippen LogP contribution in [0.15, 0.2) is 11.6 Å². The number of hydrogen-bond acceptors (Lipinski definition) is 5. The van der Waals surface area contributed by atoms with E-state index in [2.05, 4.69) is 15.4 Å². The molecule has 0 aliphatic carbocycles. The van der Waals surface area contributed by atoms with Gasteiger partial charge in [0.1, 0.15) is 5.69 Å². The van der Waals surface area contributed by atoms with E-state index < -0.39 is 0 Å². The standard InChI is InChI=1S/C11H15N5OS/c1-6(8-4-13-16(3)7(8)2)14-10(17)9-5-18-11(12)15-9/h4-6H,1-3H3,(H2,12,15)(H,14,17)/t6-/m1/s1. The van der Waals surface area contributed by atoms with Crippen molar-refractivity contribution in [1.82, 2.24) is 20.1 Å². The van der Waals surface area contributed by atoms with Gasteiger partial charge in [-0.15, -0.1) is 11.3 Å². The summed E-state index contributed by atoms with van der Waals surface area (Å²) in [5.41, 5.74) is 7.88. The molecule has 7 heteroatoms. The minimum absolute atomic E-state index is 0.117. The molecule has 0 fully saturated rings. The lowest BCUT2D eigenvalue weighted by molar-refractivity contribution is 0.0935. The second-order valence-corrected chi connectivity index (χ2v) is 4.96. The van der Waals surface area contributed by atoms with Crippen LogP contribution in [0.4, 0.5) is 5.13 Å². The Labute approximate surface area is 109 Å². The van der Waals surface area contributed by atoms with Crippen molar-refractivity contribution in [3.05, 3.63) is 28.5 Å². The van der Waals surface area contributed by atoms with Gasteiger partial charge in [0, 0.05) is 23.7 Å². The van der Waals surface area contributed by atoms with E-state index in [4.69, 9.17) is 5.73 Å². The smallest absolute Gasteiger partial charge is 0.271 e. The van der Waals surface area contributed by atoms with Crippen molar-refractivity contribution in [3.8, 4) is 0 Å². The predicted molar refractivity (Wildman–Crippen MR) is 70.4 cm³/mol. The highest BCUT2D eigenvalue weighted by Gasteiger charge is 2.17. The number of anilines is 1. The van der Waals surface area contributed by atoms with E-state index in [0.29, 0.717) is 10.8 Å². The summed E-state index contributed by atoms with van der Waals surface area (Å²) < 4.78 is 1.78. The Hall–Kier alpha value is -1.89. The Balaban J connectivity index is 2.10. The molecule has 18 heavy (non-hydrogen) atoms. The minimum Gasteiger partial charge on any atom is -0.375 e. The van der Waals surface area contributed by atoms with Gasteiger partial charge in [-0.25, -0.2) is 4.98 Å². The average Bonchev–Trinajstić information content (AvgIpc) is 2.87. The van der Waals surface area contributed by atoms with Crippen molar-refractivity contribution < 1.29 is 4.79 Å². The van der Waals surface area contributed by atoms with E-state index in [1.165, 1.54) is 11.3 Å². The second-order valence-electron chi connectivity index (χ2n) is 4.08. The fraction of sp³-hybridized carbons (Fsp3) is 0.364. The first-order valence-electron chi connectivity index (χ1n) is 5.49. The van der Waals surface area contributed by atoms with Gasteiger partial charge in [0.15, 0.2) is 5.13 Å². The van der Waals surface area contributed by atoms with Crippen molar-refractivity contribution in [2.75, 3.05) is 5.73 Å². The van der Waals surface area contributed by atoms with Gasteiger partial charge < -0.3 is 11.1 Å². The number of aromatic nitrogens is 3. The summed E-state index contributed by atoms with van der Waals surface area (Å²) >= 11 is 1.25. The maximum atomic E-state index is 11.9. The van der Waals surface area contributed by atoms with Gasteiger partial charge in [0.25, 0.3) is 5.91 Å². The lowest BCUT2D eigenvalue weighted by Crippen LogP contribution is -2.27. The van der Waals surface area contributed by atoms with Gasteiger partial charge in [-0.2, -0.15) is 5.10 Å². The number of nitrogen functional groups attached to an aromatic ring is 1. The zero-order chi connectivity index (χ0) is 13.3. The van der Waals surface area contributed by atoms with E-state index in [0.717, 1.165) is 11.3 Å². The third kappa shape index (κ3) is 2.35. The summed E-state index contributed by atoms with van der Waals surface area (Å²) in [4.78, 5) is 15.9. The Kier molecular flexibility index (Phi) is 3.33. The van der Waals surface area contributed by atoms with Crippen molar-refractivity contribution in [3.63, 3.8) is 0 Å². The van der Waals surface area contributed by atoms with Crippen LogP contribution >= 0.6 is 11.3 Å². The van der Waals surface area contributed by atoms with Crippen molar-refractivity contribution >= 4 is 22.4 Å². The molecule has 0 radical (unpaired) electrons. The Morgan fingerprint density at radius 2 is 2.33 bits per heavy atom. The molecule has 0 bridgehead atoms. The molecule has 96 valence electrons. The highest BCUT2D eigenvalue weighted by Crippen LogP contribution is 2.17. The van der Waals surface area contributed by atoms with Crippen molar-refractivity contribution in [1.29, 1.82) is 0 Å². The van der Waals surface area contributed by atoms with Crippen LogP contribution in [-0.2, 0) is 7.05 Å². The first-order chi connectivity index (χ1) is 8.49. The van der Waals surface area contributed by atoms with Crippen LogP contribution in [0.25, 0.3) is 0 Å². The molecular formula is C11H15N5OS. The summed E-state index contributed by atoms with van der Waals surface area (Å²) in [6.07, 6.45) is 1.76. The van der Waals surface area contributed by atoms with Crippen LogP contribution in [-0.4, -0.2) is 20.7 Å². The maximum Gasteiger partial charge on any atom is 0.271 e. The number of rotatable bonds is 3. The number of nitrogens with zero attached hydrogens (tertiary/aromatic N) is 3. The molecule has 6 nitrogen and oxygen atoms in total. The fourth-order valence-electron chi connectivity index (χ4n) is 1.68. The molecule has 0 aliphatic rings.